The summed E-state index contributed by atoms with van der Waals surface area (Å²) in [7, 11) is 2.95. The molecule has 8 nitrogen and oxygen atoms in total. The molecule has 0 aliphatic carbocycles. The number of hydrogen-bond donors (Lipinski definition) is 2. The molecule has 0 spiro atoms. The quantitative estimate of drug-likeness (QED) is 0.410. The van der Waals surface area contributed by atoms with E-state index in [1.54, 1.807) is 12.1 Å². The van der Waals surface area contributed by atoms with Gasteiger partial charge in [-0.2, -0.15) is 0 Å². The molecule has 0 aliphatic rings. The fourth-order valence-electron chi connectivity index (χ4n) is 2.07. The van der Waals surface area contributed by atoms with E-state index in [9.17, 15) is 19.7 Å². The van der Waals surface area contributed by atoms with E-state index in [0.29, 0.717) is 15.0 Å². The highest BCUT2D eigenvalue weighted by atomic mass is 127. The van der Waals surface area contributed by atoms with Crippen LogP contribution in [0.5, 0.6) is 5.75 Å². The number of nitrogens with one attached hydrogen (secondary N) is 2. The van der Waals surface area contributed by atoms with Gasteiger partial charge in [0.25, 0.3) is 17.5 Å². The summed E-state index contributed by atoms with van der Waals surface area (Å²) < 4.78 is 5.52. The Kier molecular flexibility index (Phi) is 5.91. The summed E-state index contributed by atoms with van der Waals surface area (Å²) in [6, 6.07) is 8.61. The van der Waals surface area contributed by atoms with Crippen LogP contribution in [0.2, 0.25) is 0 Å². The first-order valence-electron chi connectivity index (χ1n) is 7.02. The highest BCUT2D eigenvalue weighted by Gasteiger charge is 2.18. The Morgan fingerprint density at radius 1 is 1.12 bits per heavy atom. The second kappa shape index (κ2) is 7.92. The first-order chi connectivity index (χ1) is 11.9. The van der Waals surface area contributed by atoms with Crippen LogP contribution in [-0.2, 0) is 0 Å². The van der Waals surface area contributed by atoms with Gasteiger partial charge in [0, 0.05) is 22.8 Å². The van der Waals surface area contributed by atoms with Crippen molar-refractivity contribution < 1.29 is 19.2 Å². The number of amides is 2. The van der Waals surface area contributed by atoms with E-state index in [4.69, 9.17) is 4.74 Å². The molecule has 0 heterocycles. The van der Waals surface area contributed by atoms with Crippen molar-refractivity contribution in [2.24, 2.45) is 0 Å². The highest BCUT2D eigenvalue weighted by molar-refractivity contribution is 14.1. The van der Waals surface area contributed by atoms with E-state index in [0.717, 1.165) is 0 Å². The van der Waals surface area contributed by atoms with Crippen LogP contribution in [0.3, 0.4) is 0 Å². The summed E-state index contributed by atoms with van der Waals surface area (Å²) in [6.07, 6.45) is 0. The predicted octanol–water partition coefficient (Wildman–Crippen LogP) is 2.82. The molecule has 25 heavy (non-hydrogen) atoms. The third-order valence-corrected chi connectivity index (χ3v) is 4.25. The molecule has 130 valence electrons. The van der Waals surface area contributed by atoms with Gasteiger partial charge < -0.3 is 15.4 Å². The van der Waals surface area contributed by atoms with E-state index in [1.807, 2.05) is 22.6 Å². The van der Waals surface area contributed by atoms with Gasteiger partial charge in [0.15, 0.2) is 0 Å². The van der Waals surface area contributed by atoms with Gasteiger partial charge in [-0.15, -0.1) is 0 Å². The van der Waals surface area contributed by atoms with Gasteiger partial charge in [-0.1, -0.05) is 0 Å². The number of non-ortho nitro benzene ring substituents is 1. The zero-order valence-corrected chi connectivity index (χ0v) is 15.5. The lowest BCUT2D eigenvalue weighted by molar-refractivity contribution is -0.384. The molecule has 0 saturated heterocycles. The average molecular weight is 455 g/mol. The fourth-order valence-corrected chi connectivity index (χ4v) is 2.82. The Balaban J connectivity index is 2.35. The first kappa shape index (κ1) is 18.6. The molecular formula is C16H14IN3O5. The van der Waals surface area contributed by atoms with Crippen LogP contribution in [0, 0.1) is 13.7 Å². The highest BCUT2D eigenvalue weighted by Crippen LogP contribution is 2.25. The number of anilines is 1. The van der Waals surface area contributed by atoms with Gasteiger partial charge in [-0.25, -0.2) is 0 Å². The normalized spacial score (nSPS) is 10.0. The Morgan fingerprint density at radius 2 is 1.84 bits per heavy atom. The SMILES string of the molecule is CNC(=O)c1cc(OC)ccc1NC(=O)c1ccc([N+](=O)[O-])cc1I. The molecule has 0 unspecified atom stereocenters. The molecule has 2 aromatic rings. The Morgan fingerprint density at radius 3 is 2.40 bits per heavy atom. The standard InChI is InChI=1S/C16H14IN3O5/c1-18-15(21)12-8-10(25-2)4-6-14(12)19-16(22)11-5-3-9(20(23)24)7-13(11)17/h3-8H,1-2H3,(H,18,21)(H,19,22). The van der Waals surface area contributed by atoms with Crippen molar-refractivity contribution in [1.29, 1.82) is 0 Å². The van der Waals surface area contributed by atoms with Crippen LogP contribution in [0.25, 0.3) is 0 Å². The number of nitro groups is 1. The average Bonchev–Trinajstić information content (AvgIpc) is 2.60. The number of methoxy groups -OCH3 is 1. The first-order valence-corrected chi connectivity index (χ1v) is 8.10. The molecule has 2 aromatic carbocycles. The van der Waals surface area contributed by atoms with Gasteiger partial charge >= 0.3 is 0 Å². The van der Waals surface area contributed by atoms with Gasteiger partial charge in [-0.05, 0) is 46.9 Å². The lowest BCUT2D eigenvalue weighted by Gasteiger charge is -2.12. The Bertz CT molecular complexity index is 854. The maximum absolute atomic E-state index is 12.5. The zero-order chi connectivity index (χ0) is 18.6. The van der Waals surface area contributed by atoms with Crippen molar-refractivity contribution in [2.75, 3.05) is 19.5 Å². The minimum absolute atomic E-state index is 0.101. The van der Waals surface area contributed by atoms with Crippen LogP contribution >= 0.6 is 22.6 Å². The number of nitrogens with zero attached hydrogens (tertiary/aromatic N) is 1. The van der Waals surface area contributed by atoms with Gasteiger partial charge in [-0.3, -0.25) is 19.7 Å². The molecule has 2 rings (SSSR count). The van der Waals surface area contributed by atoms with E-state index in [1.165, 1.54) is 38.4 Å². The van der Waals surface area contributed by atoms with Crippen molar-refractivity contribution in [1.82, 2.24) is 5.32 Å². The fraction of sp³-hybridized carbons (Fsp3) is 0.125. The molecule has 0 bridgehead atoms. The number of carbonyl (C=O) groups excluding carboxylic acids is 2. The lowest BCUT2D eigenvalue weighted by atomic mass is 10.1. The number of rotatable bonds is 5. The topological polar surface area (TPSA) is 111 Å². The van der Waals surface area contributed by atoms with Crippen molar-refractivity contribution in [3.05, 3.63) is 61.2 Å². The van der Waals surface area contributed by atoms with Crippen molar-refractivity contribution in [3.63, 3.8) is 0 Å². The summed E-state index contributed by atoms with van der Waals surface area (Å²) in [5.41, 5.74) is 0.716. The third-order valence-electron chi connectivity index (χ3n) is 3.35. The van der Waals surface area contributed by atoms with Crippen molar-refractivity contribution in [2.45, 2.75) is 0 Å². The van der Waals surface area contributed by atoms with E-state index >= 15 is 0 Å². The van der Waals surface area contributed by atoms with E-state index < -0.39 is 10.8 Å². The van der Waals surface area contributed by atoms with Crippen molar-refractivity contribution in [3.8, 4) is 5.75 Å². The van der Waals surface area contributed by atoms with Gasteiger partial charge in [0.2, 0.25) is 0 Å². The number of halogens is 1. The second-order valence-corrected chi connectivity index (χ2v) is 6.03. The van der Waals surface area contributed by atoms with Gasteiger partial charge in [0.05, 0.1) is 28.8 Å². The van der Waals surface area contributed by atoms with Crippen LogP contribution < -0.4 is 15.4 Å². The van der Waals surface area contributed by atoms with Crippen LogP contribution in [-0.4, -0.2) is 30.9 Å². The molecule has 0 fully saturated rings. The number of nitro benzene ring substituents is 1. The number of carbonyl (C=O) groups is 2. The summed E-state index contributed by atoms with van der Waals surface area (Å²) >= 11 is 1.85. The minimum Gasteiger partial charge on any atom is -0.497 e. The van der Waals surface area contributed by atoms with E-state index in [-0.39, 0.29) is 22.7 Å². The largest absolute Gasteiger partial charge is 0.497 e. The molecular weight excluding hydrogens is 441 g/mol. The number of benzene rings is 2. The lowest BCUT2D eigenvalue weighted by Crippen LogP contribution is -2.22. The Hall–Kier alpha value is -2.69. The molecule has 0 radical (unpaired) electrons. The number of ether oxygens (including phenoxy) is 1. The maximum atomic E-state index is 12.5. The predicted molar refractivity (Wildman–Crippen MR) is 100 cm³/mol. The summed E-state index contributed by atoms with van der Waals surface area (Å²) in [5.74, 6) is -0.385. The van der Waals surface area contributed by atoms with E-state index in [2.05, 4.69) is 10.6 Å². The maximum Gasteiger partial charge on any atom is 0.270 e. The van der Waals surface area contributed by atoms with Gasteiger partial charge in [0.1, 0.15) is 5.75 Å². The van der Waals surface area contributed by atoms with Crippen LogP contribution in [0.15, 0.2) is 36.4 Å². The molecule has 2 amide bonds. The van der Waals surface area contributed by atoms with Crippen molar-refractivity contribution >= 4 is 45.8 Å². The summed E-state index contributed by atoms with van der Waals surface area (Å²) in [5, 5.41) is 15.9. The summed E-state index contributed by atoms with van der Waals surface area (Å²) in [6.45, 7) is 0. The Labute approximate surface area is 156 Å². The monoisotopic (exact) mass is 455 g/mol. The molecule has 0 atom stereocenters. The minimum atomic E-state index is -0.531. The summed E-state index contributed by atoms with van der Waals surface area (Å²) in [4.78, 5) is 34.8. The molecule has 0 saturated carbocycles. The molecule has 2 N–H and O–H groups in total. The van der Waals surface area contributed by atoms with Crippen LogP contribution in [0.4, 0.5) is 11.4 Å². The molecule has 9 heteroatoms. The number of hydrogen-bond acceptors (Lipinski definition) is 5. The third kappa shape index (κ3) is 4.24. The molecule has 0 aliphatic heterocycles. The zero-order valence-electron chi connectivity index (χ0n) is 13.3. The van der Waals surface area contributed by atoms with Crippen LogP contribution in [0.1, 0.15) is 20.7 Å². The molecule has 0 aromatic heterocycles. The smallest absolute Gasteiger partial charge is 0.270 e. The second-order valence-electron chi connectivity index (χ2n) is 4.87.